The Bertz CT molecular complexity index is 538. The monoisotopic (exact) mass is 294 g/mol. The molecule has 2 fully saturated rings. The number of rotatable bonds is 2. The van der Waals surface area contributed by atoms with E-state index in [2.05, 4.69) is 5.32 Å². The summed E-state index contributed by atoms with van der Waals surface area (Å²) >= 11 is 0. The number of nitrogens with two attached hydrogens (primary N) is 1. The maximum atomic E-state index is 13.5. The third-order valence-electron chi connectivity index (χ3n) is 3.97. The van der Waals surface area contributed by atoms with Crippen LogP contribution in [-0.4, -0.2) is 24.8 Å². The van der Waals surface area contributed by atoms with Crippen molar-refractivity contribution >= 4 is 5.69 Å². The Labute approximate surface area is 110 Å². The van der Waals surface area contributed by atoms with Crippen molar-refractivity contribution in [3.05, 3.63) is 29.1 Å². The van der Waals surface area contributed by atoms with Gasteiger partial charge in [0, 0.05) is 18.6 Å². The van der Waals surface area contributed by atoms with Crippen molar-refractivity contribution in [1.29, 1.82) is 0 Å². The van der Waals surface area contributed by atoms with E-state index in [4.69, 9.17) is 10.5 Å². The number of anilines is 1. The summed E-state index contributed by atoms with van der Waals surface area (Å²) in [6.07, 6.45) is 0.362. The first-order valence-corrected chi connectivity index (χ1v) is 6.08. The van der Waals surface area contributed by atoms with E-state index < -0.39 is 46.9 Å². The molecule has 0 amide bonds. The molecule has 4 atom stereocenters. The number of halogens is 5. The van der Waals surface area contributed by atoms with Crippen LogP contribution in [0.2, 0.25) is 0 Å². The Morgan fingerprint density at radius 2 is 1.50 bits per heavy atom. The summed E-state index contributed by atoms with van der Waals surface area (Å²) in [6.45, 7) is 0.471. The molecule has 3 rings (SSSR count). The van der Waals surface area contributed by atoms with Gasteiger partial charge in [0.15, 0.2) is 23.3 Å². The zero-order valence-corrected chi connectivity index (χ0v) is 10.1. The van der Waals surface area contributed by atoms with Crippen molar-refractivity contribution in [2.45, 2.75) is 24.6 Å². The fourth-order valence-electron chi connectivity index (χ4n) is 2.83. The van der Waals surface area contributed by atoms with E-state index in [1.807, 2.05) is 0 Å². The molecule has 3 nitrogen and oxygen atoms in total. The van der Waals surface area contributed by atoms with Crippen molar-refractivity contribution in [3.8, 4) is 0 Å². The number of hydrogen-bond donors (Lipinski definition) is 2. The summed E-state index contributed by atoms with van der Waals surface area (Å²) in [7, 11) is 0. The standard InChI is InChI=1S/C12H11F5N2O/c13-4-5(14)7(16)10(8(17)6(4)15)19-11-9(18)3-1-2-20-12(3)11/h3,9,11-12,19H,1-2,18H2. The predicted octanol–water partition coefficient (Wildman–Crippen LogP) is 1.91. The molecule has 0 bridgehead atoms. The molecule has 2 aliphatic rings. The Hall–Kier alpha value is -1.41. The summed E-state index contributed by atoms with van der Waals surface area (Å²) < 4.78 is 71.5. The Morgan fingerprint density at radius 1 is 0.950 bits per heavy atom. The molecule has 20 heavy (non-hydrogen) atoms. The highest BCUT2D eigenvalue weighted by Gasteiger charge is 2.52. The molecular formula is C12H11F5N2O. The van der Waals surface area contributed by atoms with Crippen molar-refractivity contribution in [3.63, 3.8) is 0 Å². The van der Waals surface area contributed by atoms with Crippen molar-refractivity contribution in [2.75, 3.05) is 11.9 Å². The first-order valence-electron chi connectivity index (χ1n) is 6.08. The number of fused-ring (bicyclic) bond motifs is 1. The summed E-state index contributed by atoms with van der Waals surface area (Å²) in [5.41, 5.74) is 4.75. The lowest BCUT2D eigenvalue weighted by Crippen LogP contribution is -2.65. The molecule has 1 aromatic carbocycles. The number of nitrogens with one attached hydrogen (secondary N) is 1. The van der Waals surface area contributed by atoms with Gasteiger partial charge in [-0.15, -0.1) is 0 Å². The highest BCUT2D eigenvalue weighted by molar-refractivity contribution is 5.50. The maximum absolute atomic E-state index is 13.5. The van der Waals surface area contributed by atoms with Crippen LogP contribution in [0.15, 0.2) is 0 Å². The van der Waals surface area contributed by atoms with Crippen LogP contribution < -0.4 is 11.1 Å². The second-order valence-corrected chi connectivity index (χ2v) is 4.98. The molecule has 1 aliphatic heterocycles. The van der Waals surface area contributed by atoms with Gasteiger partial charge in [0.1, 0.15) is 5.69 Å². The molecule has 3 N–H and O–H groups in total. The van der Waals surface area contributed by atoms with Gasteiger partial charge in [-0.25, -0.2) is 22.0 Å². The topological polar surface area (TPSA) is 47.3 Å². The minimum atomic E-state index is -2.18. The van der Waals surface area contributed by atoms with Crippen LogP contribution in [0, 0.1) is 35.0 Å². The third-order valence-corrected chi connectivity index (χ3v) is 3.97. The van der Waals surface area contributed by atoms with Crippen LogP contribution in [0.1, 0.15) is 6.42 Å². The Kier molecular flexibility index (Phi) is 3.09. The lowest BCUT2D eigenvalue weighted by Gasteiger charge is -2.46. The van der Waals surface area contributed by atoms with E-state index in [0.29, 0.717) is 6.61 Å². The van der Waals surface area contributed by atoms with Gasteiger partial charge in [-0.3, -0.25) is 0 Å². The quantitative estimate of drug-likeness (QED) is 0.497. The predicted molar refractivity (Wildman–Crippen MR) is 59.5 cm³/mol. The number of hydrogen-bond acceptors (Lipinski definition) is 3. The van der Waals surface area contributed by atoms with Gasteiger partial charge in [0.2, 0.25) is 5.82 Å². The highest BCUT2D eigenvalue weighted by atomic mass is 19.2. The molecule has 110 valence electrons. The first-order chi connectivity index (χ1) is 9.43. The zero-order valence-electron chi connectivity index (χ0n) is 10.1. The van der Waals surface area contributed by atoms with Gasteiger partial charge in [0.25, 0.3) is 0 Å². The fourth-order valence-corrected chi connectivity index (χ4v) is 2.83. The van der Waals surface area contributed by atoms with Crippen LogP contribution in [-0.2, 0) is 4.74 Å². The lowest BCUT2D eigenvalue weighted by atomic mass is 9.72. The van der Waals surface area contributed by atoms with Gasteiger partial charge in [-0.2, -0.15) is 0 Å². The van der Waals surface area contributed by atoms with Crippen LogP contribution in [0.3, 0.4) is 0 Å². The Balaban J connectivity index is 1.92. The second-order valence-electron chi connectivity index (χ2n) is 4.98. The van der Waals surface area contributed by atoms with Crippen LogP contribution >= 0.6 is 0 Å². The van der Waals surface area contributed by atoms with E-state index in [1.165, 1.54) is 0 Å². The lowest BCUT2D eigenvalue weighted by molar-refractivity contribution is 0.00510. The second kappa shape index (κ2) is 4.56. The van der Waals surface area contributed by atoms with Crippen molar-refractivity contribution < 1.29 is 26.7 Å². The summed E-state index contributed by atoms with van der Waals surface area (Å²) in [6, 6.07) is -1.12. The van der Waals surface area contributed by atoms with E-state index in [9.17, 15) is 22.0 Å². The molecular weight excluding hydrogens is 283 g/mol. The van der Waals surface area contributed by atoms with Gasteiger partial charge in [-0.1, -0.05) is 0 Å². The number of benzene rings is 1. The van der Waals surface area contributed by atoms with Crippen LogP contribution in [0.25, 0.3) is 0 Å². The number of ether oxygens (including phenoxy) is 1. The van der Waals surface area contributed by atoms with Gasteiger partial charge in [0.05, 0.1) is 12.1 Å². The fraction of sp³-hybridized carbons (Fsp3) is 0.500. The molecule has 0 spiro atoms. The van der Waals surface area contributed by atoms with Gasteiger partial charge in [-0.05, 0) is 6.42 Å². The SMILES string of the molecule is NC1C2CCOC2C1Nc1c(F)c(F)c(F)c(F)c1F. The van der Waals surface area contributed by atoms with Gasteiger partial charge >= 0.3 is 0 Å². The van der Waals surface area contributed by atoms with Crippen LogP contribution in [0.4, 0.5) is 27.6 Å². The smallest absolute Gasteiger partial charge is 0.200 e. The average molecular weight is 294 g/mol. The van der Waals surface area contributed by atoms with E-state index >= 15 is 0 Å². The van der Waals surface area contributed by atoms with E-state index in [1.54, 1.807) is 0 Å². The molecule has 8 heteroatoms. The van der Waals surface area contributed by atoms with Crippen LogP contribution in [0.5, 0.6) is 0 Å². The normalized spacial score (nSPS) is 31.9. The highest BCUT2D eigenvalue weighted by Crippen LogP contribution is 2.40. The minimum absolute atomic E-state index is 0.0498. The molecule has 0 aromatic heterocycles. The Morgan fingerprint density at radius 3 is 2.10 bits per heavy atom. The summed E-state index contributed by atoms with van der Waals surface area (Å²) in [5.74, 6) is -9.89. The van der Waals surface area contributed by atoms with E-state index in [0.717, 1.165) is 6.42 Å². The average Bonchev–Trinajstić information content (AvgIpc) is 2.87. The summed E-state index contributed by atoms with van der Waals surface area (Å²) in [5, 5.41) is 2.30. The van der Waals surface area contributed by atoms with Gasteiger partial charge < -0.3 is 15.8 Å². The van der Waals surface area contributed by atoms with E-state index in [-0.39, 0.29) is 12.0 Å². The molecule has 0 radical (unpaired) electrons. The minimum Gasteiger partial charge on any atom is -0.376 e. The molecule has 1 heterocycles. The molecule has 4 unspecified atom stereocenters. The third kappa shape index (κ3) is 1.71. The molecule has 1 saturated heterocycles. The largest absolute Gasteiger partial charge is 0.376 e. The molecule has 1 saturated carbocycles. The molecule has 1 aromatic rings. The van der Waals surface area contributed by atoms with Crippen molar-refractivity contribution in [1.82, 2.24) is 0 Å². The van der Waals surface area contributed by atoms with Crippen molar-refractivity contribution in [2.24, 2.45) is 11.7 Å². The first kappa shape index (κ1) is 13.6. The summed E-state index contributed by atoms with van der Waals surface area (Å²) in [4.78, 5) is 0. The molecule has 1 aliphatic carbocycles. The zero-order chi connectivity index (χ0) is 14.6. The maximum Gasteiger partial charge on any atom is 0.200 e.